The Labute approximate surface area is 170 Å². The minimum absolute atomic E-state index is 0.0354. The fourth-order valence-corrected chi connectivity index (χ4v) is 3.66. The Hall–Kier alpha value is -1.70. The average molecular weight is 453 g/mol. The number of aryl methyl sites for hydroxylation is 1. The maximum atomic E-state index is 12.3. The highest BCUT2D eigenvalue weighted by Gasteiger charge is 2.21. The Balaban J connectivity index is 1.90. The van der Waals surface area contributed by atoms with E-state index in [0.717, 1.165) is 29.1 Å². The molecular weight excluding hydrogens is 428 g/mol. The number of carbonyl (C=O) groups is 1. The van der Waals surface area contributed by atoms with Crippen molar-refractivity contribution in [3.8, 4) is 0 Å². The van der Waals surface area contributed by atoms with Crippen molar-refractivity contribution in [3.63, 3.8) is 0 Å². The topological polar surface area (TPSA) is 66.5 Å². The molecule has 0 fully saturated rings. The molecule has 0 spiro atoms. The second kappa shape index (κ2) is 10.0. The van der Waals surface area contributed by atoms with Crippen molar-refractivity contribution < 1.29 is 13.2 Å². The first-order valence-corrected chi connectivity index (χ1v) is 11.4. The molecule has 27 heavy (non-hydrogen) atoms. The molecule has 0 unspecified atom stereocenters. The fourth-order valence-electron chi connectivity index (χ4n) is 2.66. The van der Waals surface area contributed by atoms with Gasteiger partial charge in [-0.05, 0) is 43.0 Å². The summed E-state index contributed by atoms with van der Waals surface area (Å²) in [6.45, 7) is 1.91. The van der Waals surface area contributed by atoms with Gasteiger partial charge < -0.3 is 5.32 Å². The smallest absolute Gasteiger partial charge is 0.235 e. The maximum absolute atomic E-state index is 12.3. The van der Waals surface area contributed by atoms with Crippen LogP contribution in [0, 0.1) is 0 Å². The molecule has 0 radical (unpaired) electrons. The van der Waals surface area contributed by atoms with Crippen LogP contribution in [0.5, 0.6) is 0 Å². The van der Waals surface area contributed by atoms with Crippen molar-refractivity contribution in [2.75, 3.05) is 12.8 Å². The third-order valence-electron chi connectivity index (χ3n) is 4.18. The van der Waals surface area contributed by atoms with Crippen molar-refractivity contribution in [2.45, 2.75) is 32.4 Å². The van der Waals surface area contributed by atoms with Crippen LogP contribution in [0.4, 0.5) is 0 Å². The molecule has 1 atom stereocenters. The number of nitrogens with zero attached hydrogens (tertiary/aromatic N) is 1. The summed E-state index contributed by atoms with van der Waals surface area (Å²) in [7, 11) is -3.50. The molecule has 0 heterocycles. The highest BCUT2D eigenvalue weighted by atomic mass is 79.9. The Morgan fingerprint density at radius 2 is 1.70 bits per heavy atom. The van der Waals surface area contributed by atoms with Crippen LogP contribution >= 0.6 is 15.9 Å². The zero-order valence-electron chi connectivity index (χ0n) is 15.6. The molecule has 7 heteroatoms. The highest BCUT2D eigenvalue weighted by Crippen LogP contribution is 2.14. The molecule has 146 valence electrons. The zero-order valence-corrected chi connectivity index (χ0v) is 18.0. The summed E-state index contributed by atoms with van der Waals surface area (Å²) >= 11 is 3.35. The van der Waals surface area contributed by atoms with Crippen LogP contribution in [0.2, 0.25) is 0 Å². The average Bonchev–Trinajstić information content (AvgIpc) is 2.61. The van der Waals surface area contributed by atoms with Gasteiger partial charge in [-0.1, -0.05) is 58.4 Å². The number of nitrogens with one attached hydrogen (secondary N) is 1. The lowest BCUT2D eigenvalue weighted by atomic mass is 10.1. The number of hydrogen-bond donors (Lipinski definition) is 1. The quantitative estimate of drug-likeness (QED) is 0.634. The summed E-state index contributed by atoms with van der Waals surface area (Å²) in [4.78, 5) is 12.3. The van der Waals surface area contributed by atoms with E-state index in [1.165, 1.54) is 9.87 Å². The molecule has 0 saturated carbocycles. The molecule has 0 aliphatic heterocycles. The van der Waals surface area contributed by atoms with Crippen LogP contribution in [0.15, 0.2) is 59.1 Å². The molecule has 0 aromatic heterocycles. The van der Waals surface area contributed by atoms with Crippen LogP contribution in [-0.2, 0) is 27.8 Å². The number of benzene rings is 2. The summed E-state index contributed by atoms with van der Waals surface area (Å²) in [5.74, 6) is -0.293. The number of amides is 1. The van der Waals surface area contributed by atoms with Crippen LogP contribution in [0.1, 0.15) is 24.5 Å². The normalized spacial score (nSPS) is 12.7. The second-order valence-electron chi connectivity index (χ2n) is 6.65. The van der Waals surface area contributed by atoms with Crippen LogP contribution in [-0.4, -0.2) is 37.5 Å². The van der Waals surface area contributed by atoms with E-state index in [-0.39, 0.29) is 25.0 Å². The summed E-state index contributed by atoms with van der Waals surface area (Å²) in [5.41, 5.74) is 2.04. The van der Waals surface area contributed by atoms with E-state index in [0.29, 0.717) is 0 Å². The first kappa shape index (κ1) is 21.6. The molecule has 1 N–H and O–H groups in total. The molecule has 5 nitrogen and oxygen atoms in total. The molecule has 2 aromatic rings. The van der Waals surface area contributed by atoms with Crippen molar-refractivity contribution >= 4 is 31.9 Å². The zero-order chi connectivity index (χ0) is 19.9. The molecule has 1 amide bonds. The Kier molecular flexibility index (Phi) is 8.01. The van der Waals surface area contributed by atoms with Crippen LogP contribution < -0.4 is 5.32 Å². The number of halogens is 1. The van der Waals surface area contributed by atoms with Crippen molar-refractivity contribution in [1.29, 1.82) is 0 Å². The van der Waals surface area contributed by atoms with E-state index in [4.69, 9.17) is 0 Å². The Morgan fingerprint density at radius 1 is 1.07 bits per heavy atom. The van der Waals surface area contributed by atoms with E-state index >= 15 is 0 Å². The molecule has 0 aliphatic carbocycles. The Bertz CT molecular complexity index is 839. The van der Waals surface area contributed by atoms with Crippen molar-refractivity contribution in [1.82, 2.24) is 9.62 Å². The van der Waals surface area contributed by atoms with Crippen molar-refractivity contribution in [3.05, 3.63) is 70.2 Å². The van der Waals surface area contributed by atoms with Gasteiger partial charge in [-0.15, -0.1) is 0 Å². The van der Waals surface area contributed by atoms with Gasteiger partial charge in [-0.2, -0.15) is 4.31 Å². The standard InChI is InChI=1S/C20H25BrN2O3S/c1-16(8-9-17-6-4-3-5-7-17)22-20(24)15-23(27(2,25)26)14-18-10-12-19(21)13-11-18/h3-7,10-13,16H,8-9,14-15H2,1-2H3,(H,22,24)/t16-/m0/s1. The van der Waals surface area contributed by atoms with Gasteiger partial charge in [0.1, 0.15) is 0 Å². The Morgan fingerprint density at radius 3 is 2.30 bits per heavy atom. The van der Waals surface area contributed by atoms with E-state index < -0.39 is 10.0 Å². The lowest BCUT2D eigenvalue weighted by Gasteiger charge is -2.21. The lowest BCUT2D eigenvalue weighted by Crippen LogP contribution is -2.42. The van der Waals surface area contributed by atoms with Crippen LogP contribution in [0.25, 0.3) is 0 Å². The summed E-state index contributed by atoms with van der Waals surface area (Å²) < 4.78 is 26.3. The van der Waals surface area contributed by atoms with Gasteiger partial charge in [0.2, 0.25) is 15.9 Å². The van der Waals surface area contributed by atoms with Gasteiger partial charge in [0.25, 0.3) is 0 Å². The third-order valence-corrected chi connectivity index (χ3v) is 5.90. The van der Waals surface area contributed by atoms with E-state index in [1.54, 1.807) is 0 Å². The summed E-state index contributed by atoms with van der Waals surface area (Å²) in [6.07, 6.45) is 2.77. The van der Waals surface area contributed by atoms with Gasteiger partial charge in [-0.25, -0.2) is 8.42 Å². The van der Waals surface area contributed by atoms with Gasteiger partial charge in [0, 0.05) is 17.1 Å². The van der Waals surface area contributed by atoms with Gasteiger partial charge in [0.15, 0.2) is 0 Å². The lowest BCUT2D eigenvalue weighted by molar-refractivity contribution is -0.122. The number of sulfonamides is 1. The van der Waals surface area contributed by atoms with Crippen molar-refractivity contribution in [2.24, 2.45) is 0 Å². The predicted octanol–water partition coefficient (Wildman–Crippen LogP) is 3.35. The number of carbonyl (C=O) groups excluding carboxylic acids is 1. The largest absolute Gasteiger partial charge is 0.352 e. The van der Waals surface area contributed by atoms with Gasteiger partial charge in [-0.3, -0.25) is 4.79 Å². The molecule has 0 bridgehead atoms. The van der Waals surface area contributed by atoms with E-state index in [2.05, 4.69) is 33.4 Å². The summed E-state index contributed by atoms with van der Waals surface area (Å²) in [5, 5.41) is 2.90. The molecule has 0 saturated heterocycles. The first-order chi connectivity index (χ1) is 12.7. The summed E-state index contributed by atoms with van der Waals surface area (Å²) in [6, 6.07) is 17.4. The minimum Gasteiger partial charge on any atom is -0.352 e. The first-order valence-electron chi connectivity index (χ1n) is 8.77. The highest BCUT2D eigenvalue weighted by molar-refractivity contribution is 9.10. The number of rotatable bonds is 9. The fraction of sp³-hybridized carbons (Fsp3) is 0.350. The predicted molar refractivity (Wildman–Crippen MR) is 112 cm³/mol. The molecule has 2 rings (SSSR count). The molecule has 0 aliphatic rings. The molecule has 2 aromatic carbocycles. The third kappa shape index (κ3) is 7.82. The second-order valence-corrected chi connectivity index (χ2v) is 9.55. The van der Waals surface area contributed by atoms with E-state index in [1.807, 2.05) is 49.4 Å². The SMILES string of the molecule is C[C@@H](CCc1ccccc1)NC(=O)CN(Cc1ccc(Br)cc1)S(C)(=O)=O. The number of hydrogen-bond acceptors (Lipinski definition) is 3. The van der Waals surface area contributed by atoms with Crippen LogP contribution in [0.3, 0.4) is 0 Å². The minimum atomic E-state index is -3.50. The van der Waals surface area contributed by atoms with E-state index in [9.17, 15) is 13.2 Å². The molecular formula is C20H25BrN2O3S. The monoisotopic (exact) mass is 452 g/mol. The van der Waals surface area contributed by atoms with Gasteiger partial charge in [0.05, 0.1) is 12.8 Å². The maximum Gasteiger partial charge on any atom is 0.235 e. The van der Waals surface area contributed by atoms with Gasteiger partial charge >= 0.3 is 0 Å².